The van der Waals surface area contributed by atoms with Crippen molar-refractivity contribution in [1.29, 1.82) is 0 Å². The van der Waals surface area contributed by atoms with Crippen molar-refractivity contribution in [3.63, 3.8) is 0 Å². The minimum Gasteiger partial charge on any atom is -0.423 e. The monoisotopic (exact) mass is 412 g/mol. The minimum absolute atomic E-state index is 0.245. The number of rotatable bonds is 6. The maximum Gasteiger partial charge on any atom is 0.343 e. The van der Waals surface area contributed by atoms with Crippen LogP contribution in [0.15, 0.2) is 53.6 Å². The van der Waals surface area contributed by atoms with Crippen LogP contribution in [0.4, 0.5) is 9.52 Å². The number of ether oxygens (including phenoxy) is 1. The fourth-order valence-electron chi connectivity index (χ4n) is 2.38. The molecule has 3 aromatic rings. The van der Waals surface area contributed by atoms with Crippen LogP contribution in [-0.2, 0) is 6.42 Å². The highest BCUT2D eigenvalue weighted by Gasteiger charge is 2.15. The molecule has 9 heteroatoms. The Bertz CT molecular complexity index is 1050. The van der Waals surface area contributed by atoms with Gasteiger partial charge in [0.2, 0.25) is 0 Å². The van der Waals surface area contributed by atoms with Crippen LogP contribution in [0, 0.1) is 5.82 Å². The molecular weight excluding hydrogens is 395 g/mol. The van der Waals surface area contributed by atoms with E-state index in [4.69, 9.17) is 10.5 Å². The summed E-state index contributed by atoms with van der Waals surface area (Å²) in [6, 6.07) is 11.6. The van der Waals surface area contributed by atoms with E-state index in [0.717, 1.165) is 11.3 Å². The number of benzene rings is 2. The Labute approximate surface area is 170 Å². The lowest BCUT2D eigenvalue weighted by Crippen LogP contribution is -2.17. The molecule has 3 rings (SSSR count). The first-order valence-corrected chi connectivity index (χ1v) is 9.44. The van der Waals surface area contributed by atoms with Gasteiger partial charge in [0.05, 0.1) is 17.5 Å². The van der Waals surface area contributed by atoms with Crippen LogP contribution in [0.2, 0.25) is 0 Å². The number of hydrogen-bond donors (Lipinski definition) is 2. The summed E-state index contributed by atoms with van der Waals surface area (Å²) in [7, 11) is 0. The van der Waals surface area contributed by atoms with Gasteiger partial charge in [-0.3, -0.25) is 4.79 Å². The Hall–Kier alpha value is -3.59. The lowest BCUT2D eigenvalue weighted by atomic mass is 10.2. The first-order valence-electron chi connectivity index (χ1n) is 8.62. The lowest BCUT2D eigenvalue weighted by molar-refractivity contribution is 0.0734. The molecule has 7 nitrogen and oxygen atoms in total. The van der Waals surface area contributed by atoms with Crippen molar-refractivity contribution in [3.8, 4) is 5.75 Å². The van der Waals surface area contributed by atoms with Gasteiger partial charge in [-0.2, -0.15) is 5.10 Å². The second-order valence-electron chi connectivity index (χ2n) is 5.85. The number of carbonyl (C=O) groups excluding carboxylic acids is 2. The average Bonchev–Trinajstić information content (AvgIpc) is 3.10. The normalized spacial score (nSPS) is 10.8. The molecule has 0 spiro atoms. The molecule has 148 valence electrons. The zero-order valence-corrected chi connectivity index (χ0v) is 16.2. The van der Waals surface area contributed by atoms with Crippen LogP contribution < -0.4 is 15.9 Å². The second-order valence-corrected chi connectivity index (χ2v) is 6.88. The molecule has 1 amide bonds. The third-order valence-corrected chi connectivity index (χ3v) is 4.73. The fraction of sp³-hybridized carbons (Fsp3) is 0.100. The zero-order chi connectivity index (χ0) is 20.8. The summed E-state index contributed by atoms with van der Waals surface area (Å²) >= 11 is 1.11. The quantitative estimate of drug-likeness (QED) is 0.279. The van der Waals surface area contributed by atoms with E-state index < -0.39 is 11.8 Å². The molecule has 0 radical (unpaired) electrons. The maximum atomic E-state index is 12.9. The molecule has 0 bridgehead atoms. The number of aryl methyl sites for hydroxylation is 1. The van der Waals surface area contributed by atoms with Gasteiger partial charge in [-0.25, -0.2) is 19.6 Å². The number of carbonyl (C=O) groups is 2. The first-order chi connectivity index (χ1) is 14.0. The Kier molecular flexibility index (Phi) is 6.30. The molecule has 0 saturated heterocycles. The van der Waals surface area contributed by atoms with Gasteiger partial charge >= 0.3 is 5.97 Å². The summed E-state index contributed by atoms with van der Waals surface area (Å²) in [5, 5.41) is 4.25. The Balaban J connectivity index is 1.58. The molecule has 0 unspecified atom stereocenters. The van der Waals surface area contributed by atoms with Crippen molar-refractivity contribution >= 4 is 34.6 Å². The molecule has 29 heavy (non-hydrogen) atoms. The van der Waals surface area contributed by atoms with E-state index in [1.165, 1.54) is 30.5 Å². The van der Waals surface area contributed by atoms with Gasteiger partial charge in [0.1, 0.15) is 16.4 Å². The highest BCUT2D eigenvalue weighted by atomic mass is 32.1. The summed E-state index contributed by atoms with van der Waals surface area (Å²) in [5.41, 5.74) is 9.64. The highest BCUT2D eigenvalue weighted by Crippen LogP contribution is 2.20. The molecule has 0 aliphatic heterocycles. The van der Waals surface area contributed by atoms with E-state index >= 15 is 0 Å². The summed E-state index contributed by atoms with van der Waals surface area (Å²) < 4.78 is 18.1. The summed E-state index contributed by atoms with van der Waals surface area (Å²) in [4.78, 5) is 28.7. The molecule has 3 N–H and O–H groups in total. The number of nitrogens with zero attached hydrogens (tertiary/aromatic N) is 2. The molecule has 0 fully saturated rings. The topological polar surface area (TPSA) is 107 Å². The summed E-state index contributed by atoms with van der Waals surface area (Å²) in [6.45, 7) is 1.89. The van der Waals surface area contributed by atoms with E-state index in [1.807, 2.05) is 6.92 Å². The van der Waals surface area contributed by atoms with Gasteiger partial charge in [0.25, 0.3) is 5.91 Å². The van der Waals surface area contributed by atoms with Crippen molar-refractivity contribution in [3.05, 3.63) is 76.0 Å². The first kappa shape index (κ1) is 20.2. The predicted octanol–water partition coefficient (Wildman–Crippen LogP) is 3.41. The number of amides is 1. The third kappa shape index (κ3) is 5.23. The van der Waals surface area contributed by atoms with E-state index in [-0.39, 0.29) is 11.5 Å². The van der Waals surface area contributed by atoms with E-state index in [1.54, 1.807) is 24.3 Å². The standard InChI is InChI=1S/C20H17FN4O3S/c1-2-16-17(29-20(22)24-16)18(26)25-23-11-12-3-9-15(10-4-12)28-19(27)13-5-7-14(21)8-6-13/h3-11H,2H2,1H3,(H2,22,24)(H,25,26)/b23-11-. The predicted molar refractivity (Wildman–Crippen MR) is 109 cm³/mol. The van der Waals surface area contributed by atoms with E-state index in [2.05, 4.69) is 15.5 Å². The van der Waals surface area contributed by atoms with Crippen LogP contribution in [0.25, 0.3) is 0 Å². The van der Waals surface area contributed by atoms with Gasteiger partial charge < -0.3 is 10.5 Å². The summed E-state index contributed by atoms with van der Waals surface area (Å²) in [5.74, 6) is -1.07. The van der Waals surface area contributed by atoms with Gasteiger partial charge in [0, 0.05) is 0 Å². The number of nitrogen functional groups attached to an aromatic ring is 1. The molecule has 0 aliphatic rings. The Morgan fingerprint density at radius 3 is 2.55 bits per heavy atom. The second kappa shape index (κ2) is 9.07. The largest absolute Gasteiger partial charge is 0.423 e. The van der Waals surface area contributed by atoms with Crippen molar-refractivity contribution in [2.45, 2.75) is 13.3 Å². The minimum atomic E-state index is -0.589. The third-order valence-electron chi connectivity index (χ3n) is 3.81. The van der Waals surface area contributed by atoms with Crippen molar-refractivity contribution in [2.24, 2.45) is 5.10 Å². The van der Waals surface area contributed by atoms with Crippen LogP contribution in [0.3, 0.4) is 0 Å². The molecule has 1 aromatic heterocycles. The van der Waals surface area contributed by atoms with Crippen LogP contribution in [0.5, 0.6) is 5.75 Å². The van der Waals surface area contributed by atoms with Crippen LogP contribution in [-0.4, -0.2) is 23.1 Å². The Morgan fingerprint density at radius 1 is 1.21 bits per heavy atom. The smallest absolute Gasteiger partial charge is 0.343 e. The number of anilines is 1. The number of hydrazone groups is 1. The molecule has 2 aromatic carbocycles. The molecular formula is C20H17FN4O3S. The molecule has 0 aliphatic carbocycles. The van der Waals surface area contributed by atoms with Crippen molar-refractivity contribution < 1.29 is 18.7 Å². The van der Waals surface area contributed by atoms with Gasteiger partial charge in [-0.1, -0.05) is 18.3 Å². The number of nitrogens with two attached hydrogens (primary N) is 1. The SMILES string of the molecule is CCc1nc(N)sc1C(=O)N/N=C\c1ccc(OC(=O)c2ccc(F)cc2)cc1. The Morgan fingerprint density at radius 2 is 1.90 bits per heavy atom. The van der Waals surface area contributed by atoms with E-state index in [0.29, 0.717) is 33.4 Å². The number of aromatic nitrogens is 1. The summed E-state index contributed by atoms with van der Waals surface area (Å²) in [6.07, 6.45) is 2.05. The number of esters is 1. The van der Waals surface area contributed by atoms with E-state index in [9.17, 15) is 14.0 Å². The maximum absolute atomic E-state index is 12.9. The lowest BCUT2D eigenvalue weighted by Gasteiger charge is -2.04. The van der Waals surface area contributed by atoms with Gasteiger partial charge in [-0.15, -0.1) is 0 Å². The number of thiazole rings is 1. The van der Waals surface area contributed by atoms with Gasteiger partial charge in [0.15, 0.2) is 5.13 Å². The molecule has 0 saturated carbocycles. The number of hydrogen-bond acceptors (Lipinski definition) is 7. The fourth-order valence-corrected chi connectivity index (χ4v) is 3.19. The zero-order valence-electron chi connectivity index (χ0n) is 15.4. The number of halogens is 1. The van der Waals surface area contributed by atoms with Crippen LogP contribution in [0.1, 0.15) is 38.2 Å². The van der Waals surface area contributed by atoms with Crippen LogP contribution >= 0.6 is 11.3 Å². The average molecular weight is 412 g/mol. The van der Waals surface area contributed by atoms with Crippen molar-refractivity contribution in [1.82, 2.24) is 10.4 Å². The number of nitrogens with one attached hydrogen (secondary N) is 1. The molecule has 1 heterocycles. The van der Waals surface area contributed by atoms with Gasteiger partial charge in [-0.05, 0) is 60.5 Å². The molecule has 0 atom stereocenters. The van der Waals surface area contributed by atoms with Crippen molar-refractivity contribution in [2.75, 3.05) is 5.73 Å². The highest BCUT2D eigenvalue weighted by molar-refractivity contribution is 7.17.